The van der Waals surface area contributed by atoms with E-state index in [2.05, 4.69) is 36.3 Å². The first-order chi connectivity index (χ1) is 12.1. The number of aliphatic imine (C=N–C) groups is 1. The maximum atomic E-state index is 6.30. The molecule has 2 unspecified atom stereocenters. The van der Waals surface area contributed by atoms with Crippen molar-refractivity contribution in [3.8, 4) is 0 Å². The van der Waals surface area contributed by atoms with Crippen LogP contribution in [0.5, 0.6) is 0 Å². The fourth-order valence-corrected chi connectivity index (χ4v) is 3.26. The number of morpholine rings is 1. The van der Waals surface area contributed by atoms with Gasteiger partial charge < -0.3 is 15.4 Å². The Balaban J connectivity index is 0.00000338. The molecule has 148 valence electrons. The Morgan fingerprint density at radius 3 is 2.62 bits per heavy atom. The van der Waals surface area contributed by atoms with E-state index in [1.54, 1.807) is 0 Å². The van der Waals surface area contributed by atoms with Gasteiger partial charge in [0.05, 0.1) is 19.3 Å². The second-order valence-corrected chi connectivity index (χ2v) is 7.03. The Morgan fingerprint density at radius 1 is 1.27 bits per heavy atom. The summed E-state index contributed by atoms with van der Waals surface area (Å²) in [4.78, 5) is 7.22. The molecule has 7 heteroatoms. The van der Waals surface area contributed by atoms with Crippen LogP contribution in [-0.4, -0.2) is 56.8 Å². The van der Waals surface area contributed by atoms with E-state index >= 15 is 0 Å². The summed E-state index contributed by atoms with van der Waals surface area (Å²) >= 11 is 6.30. The molecule has 0 aromatic heterocycles. The zero-order valence-corrected chi connectivity index (χ0v) is 19.1. The average molecular weight is 495 g/mol. The third kappa shape index (κ3) is 7.98. The molecule has 0 amide bonds. The zero-order chi connectivity index (χ0) is 18.1. The summed E-state index contributed by atoms with van der Waals surface area (Å²) in [6, 6.07) is 8.02. The Bertz CT molecular complexity index is 552. The molecule has 2 atom stereocenters. The standard InChI is InChI=1S/C19H31ClN4O.HI/c1-4-21-19(23-16(3)17-7-5-6-8-18(17)20)22-13-15(2)14-24-9-11-25-12-10-24;/h5-8,15-16H,4,9-14H2,1-3H3,(H2,21,22,23);1H. The van der Waals surface area contributed by atoms with Crippen molar-refractivity contribution in [1.82, 2.24) is 15.5 Å². The average Bonchev–Trinajstić information content (AvgIpc) is 2.61. The highest BCUT2D eigenvalue weighted by Gasteiger charge is 2.14. The van der Waals surface area contributed by atoms with Crippen molar-refractivity contribution in [1.29, 1.82) is 0 Å². The fraction of sp³-hybridized carbons (Fsp3) is 0.632. The van der Waals surface area contributed by atoms with Crippen LogP contribution >= 0.6 is 35.6 Å². The summed E-state index contributed by atoms with van der Waals surface area (Å²) in [5.74, 6) is 1.34. The number of halogens is 2. The molecule has 2 N–H and O–H groups in total. The maximum absolute atomic E-state index is 6.30. The molecule has 1 aliphatic rings. The van der Waals surface area contributed by atoms with Crippen molar-refractivity contribution in [3.05, 3.63) is 34.9 Å². The summed E-state index contributed by atoms with van der Waals surface area (Å²) in [6.45, 7) is 12.9. The Morgan fingerprint density at radius 2 is 1.96 bits per heavy atom. The van der Waals surface area contributed by atoms with Crippen molar-refractivity contribution in [2.24, 2.45) is 10.9 Å². The smallest absolute Gasteiger partial charge is 0.191 e. The molecule has 0 spiro atoms. The zero-order valence-electron chi connectivity index (χ0n) is 16.0. The number of guanidine groups is 1. The molecular weight excluding hydrogens is 463 g/mol. The molecule has 1 aliphatic heterocycles. The number of nitrogens with one attached hydrogen (secondary N) is 2. The van der Waals surface area contributed by atoms with E-state index in [1.807, 2.05) is 24.3 Å². The predicted molar refractivity (Wildman–Crippen MR) is 121 cm³/mol. The van der Waals surface area contributed by atoms with Gasteiger partial charge in [0, 0.05) is 37.7 Å². The van der Waals surface area contributed by atoms with Crippen molar-refractivity contribution in [2.45, 2.75) is 26.8 Å². The van der Waals surface area contributed by atoms with Gasteiger partial charge in [-0.05, 0) is 31.4 Å². The highest BCUT2D eigenvalue weighted by atomic mass is 127. The van der Waals surface area contributed by atoms with Gasteiger partial charge in [-0.3, -0.25) is 9.89 Å². The monoisotopic (exact) mass is 494 g/mol. The minimum atomic E-state index is 0. The first kappa shape index (κ1) is 23.5. The molecule has 1 heterocycles. The van der Waals surface area contributed by atoms with Crippen LogP contribution in [0.2, 0.25) is 5.02 Å². The predicted octanol–water partition coefficient (Wildman–Crippen LogP) is 3.54. The highest BCUT2D eigenvalue weighted by molar-refractivity contribution is 14.0. The molecule has 2 rings (SSSR count). The van der Waals surface area contributed by atoms with E-state index in [-0.39, 0.29) is 30.0 Å². The fourth-order valence-electron chi connectivity index (χ4n) is 2.96. The lowest BCUT2D eigenvalue weighted by molar-refractivity contribution is 0.0323. The third-order valence-electron chi connectivity index (χ3n) is 4.30. The molecule has 0 bridgehead atoms. The molecule has 1 fully saturated rings. The van der Waals surface area contributed by atoms with E-state index in [0.29, 0.717) is 5.92 Å². The quantitative estimate of drug-likeness (QED) is 0.346. The number of benzene rings is 1. The molecule has 5 nitrogen and oxygen atoms in total. The van der Waals surface area contributed by atoms with Crippen LogP contribution in [-0.2, 0) is 4.74 Å². The minimum Gasteiger partial charge on any atom is -0.379 e. The van der Waals surface area contributed by atoms with Gasteiger partial charge in [0.2, 0.25) is 0 Å². The van der Waals surface area contributed by atoms with Crippen LogP contribution in [0.3, 0.4) is 0 Å². The lowest BCUT2D eigenvalue weighted by Gasteiger charge is -2.28. The molecule has 0 aliphatic carbocycles. The summed E-state index contributed by atoms with van der Waals surface area (Å²) in [5.41, 5.74) is 1.08. The second kappa shape index (κ2) is 12.8. The number of nitrogens with zero attached hydrogens (tertiary/aromatic N) is 2. The topological polar surface area (TPSA) is 48.9 Å². The van der Waals surface area contributed by atoms with Crippen LogP contribution < -0.4 is 10.6 Å². The van der Waals surface area contributed by atoms with E-state index in [0.717, 1.165) is 62.5 Å². The van der Waals surface area contributed by atoms with Crippen molar-refractivity contribution < 1.29 is 4.74 Å². The van der Waals surface area contributed by atoms with Gasteiger partial charge in [-0.15, -0.1) is 24.0 Å². The van der Waals surface area contributed by atoms with Crippen LogP contribution in [0.1, 0.15) is 32.4 Å². The molecule has 1 aromatic rings. The number of ether oxygens (including phenoxy) is 1. The van der Waals surface area contributed by atoms with Crippen molar-refractivity contribution in [2.75, 3.05) is 45.9 Å². The van der Waals surface area contributed by atoms with Gasteiger partial charge in [-0.2, -0.15) is 0 Å². The molecule has 1 saturated heterocycles. The largest absolute Gasteiger partial charge is 0.379 e. The molecule has 0 radical (unpaired) electrons. The Labute approximate surface area is 179 Å². The molecule has 26 heavy (non-hydrogen) atoms. The van der Waals surface area contributed by atoms with Crippen molar-refractivity contribution in [3.63, 3.8) is 0 Å². The lowest BCUT2D eigenvalue weighted by atomic mass is 10.1. The lowest BCUT2D eigenvalue weighted by Crippen LogP contribution is -2.41. The molecule has 0 saturated carbocycles. The Kier molecular flexibility index (Phi) is 11.5. The van der Waals surface area contributed by atoms with E-state index in [9.17, 15) is 0 Å². The van der Waals surface area contributed by atoms with E-state index in [1.165, 1.54) is 0 Å². The summed E-state index contributed by atoms with van der Waals surface area (Å²) in [7, 11) is 0. The first-order valence-corrected chi connectivity index (χ1v) is 9.57. The van der Waals surface area contributed by atoms with Crippen LogP contribution in [0.25, 0.3) is 0 Å². The van der Waals surface area contributed by atoms with Crippen molar-refractivity contribution >= 4 is 41.5 Å². The molecule has 1 aromatic carbocycles. The SMILES string of the molecule is CCNC(=NCC(C)CN1CCOCC1)NC(C)c1ccccc1Cl.I. The highest BCUT2D eigenvalue weighted by Crippen LogP contribution is 2.21. The minimum absolute atomic E-state index is 0. The summed E-state index contributed by atoms with van der Waals surface area (Å²) in [6.07, 6.45) is 0. The number of hydrogen-bond donors (Lipinski definition) is 2. The van der Waals surface area contributed by atoms with Gasteiger partial charge in [0.15, 0.2) is 5.96 Å². The van der Waals surface area contributed by atoms with Gasteiger partial charge in [0.1, 0.15) is 0 Å². The van der Waals surface area contributed by atoms with Gasteiger partial charge >= 0.3 is 0 Å². The first-order valence-electron chi connectivity index (χ1n) is 9.19. The van der Waals surface area contributed by atoms with Gasteiger partial charge in [-0.25, -0.2) is 0 Å². The number of hydrogen-bond acceptors (Lipinski definition) is 3. The van der Waals surface area contributed by atoms with Crippen LogP contribution in [0.4, 0.5) is 0 Å². The molecular formula is C19H32ClIN4O. The van der Waals surface area contributed by atoms with Crippen LogP contribution in [0.15, 0.2) is 29.3 Å². The maximum Gasteiger partial charge on any atom is 0.191 e. The summed E-state index contributed by atoms with van der Waals surface area (Å²) in [5, 5.41) is 7.56. The number of rotatable bonds is 7. The second-order valence-electron chi connectivity index (χ2n) is 6.63. The Hall–Kier alpha value is -0.570. The normalized spacial score (nSPS) is 17.9. The van der Waals surface area contributed by atoms with Gasteiger partial charge in [-0.1, -0.05) is 36.7 Å². The van der Waals surface area contributed by atoms with Gasteiger partial charge in [0.25, 0.3) is 0 Å². The summed E-state index contributed by atoms with van der Waals surface area (Å²) < 4.78 is 5.41. The van der Waals surface area contributed by atoms with Crippen LogP contribution in [0, 0.1) is 5.92 Å². The van der Waals surface area contributed by atoms with E-state index in [4.69, 9.17) is 21.3 Å². The van der Waals surface area contributed by atoms with E-state index < -0.39 is 0 Å². The third-order valence-corrected chi connectivity index (χ3v) is 4.65.